The molecule has 2 aromatic carbocycles. The Morgan fingerprint density at radius 2 is 1.76 bits per heavy atom. The molecular formula is C28H35N5O4S. The van der Waals surface area contributed by atoms with E-state index in [-0.39, 0.29) is 12.5 Å². The molecule has 1 aromatic heterocycles. The molecule has 1 amide bonds. The van der Waals surface area contributed by atoms with Gasteiger partial charge >= 0.3 is 0 Å². The molecule has 3 N–H and O–H groups in total. The number of pyridine rings is 1. The molecule has 0 radical (unpaired) electrons. The highest BCUT2D eigenvalue weighted by atomic mass is 32.2. The van der Waals surface area contributed by atoms with E-state index in [0.717, 1.165) is 53.1 Å². The molecular weight excluding hydrogens is 502 g/mol. The Balaban J connectivity index is 1.64. The first kappa shape index (κ1) is 27.7. The molecule has 202 valence electrons. The summed E-state index contributed by atoms with van der Waals surface area (Å²) >= 11 is 1.50. The molecule has 9 nitrogen and oxygen atoms in total. The van der Waals surface area contributed by atoms with Gasteiger partial charge in [-0.05, 0) is 36.9 Å². The number of benzene rings is 2. The van der Waals surface area contributed by atoms with Crippen molar-refractivity contribution in [2.24, 2.45) is 5.73 Å². The highest BCUT2D eigenvalue weighted by Crippen LogP contribution is 2.42. The average molecular weight is 538 g/mol. The predicted molar refractivity (Wildman–Crippen MR) is 150 cm³/mol. The Labute approximate surface area is 228 Å². The number of nitrogens with one attached hydrogen (secondary N) is 1. The lowest BCUT2D eigenvalue weighted by molar-refractivity contribution is -0.114. The minimum absolute atomic E-state index is 0.0579. The van der Waals surface area contributed by atoms with Crippen LogP contribution in [-0.2, 0) is 16.1 Å². The van der Waals surface area contributed by atoms with Crippen LogP contribution in [0.1, 0.15) is 5.56 Å². The Bertz CT molecular complexity index is 1170. The fraction of sp³-hybridized carbons (Fsp3) is 0.357. The molecule has 3 aromatic rings. The van der Waals surface area contributed by atoms with Crippen molar-refractivity contribution in [2.75, 3.05) is 70.3 Å². The fourth-order valence-electron chi connectivity index (χ4n) is 3.95. The van der Waals surface area contributed by atoms with Crippen molar-refractivity contribution in [3.05, 3.63) is 66.2 Å². The predicted octanol–water partition coefficient (Wildman–Crippen LogP) is 3.49. The van der Waals surface area contributed by atoms with Crippen molar-refractivity contribution in [1.82, 2.24) is 9.88 Å². The van der Waals surface area contributed by atoms with E-state index in [1.807, 2.05) is 60.7 Å². The average Bonchev–Trinajstić information content (AvgIpc) is 2.94. The summed E-state index contributed by atoms with van der Waals surface area (Å²) in [4.78, 5) is 22.1. The number of ether oxygens (including phenoxy) is 3. The highest BCUT2D eigenvalue weighted by molar-refractivity contribution is 7.99. The number of methoxy groups -OCH3 is 1. The minimum atomic E-state index is -0.232. The first-order valence-electron chi connectivity index (χ1n) is 12.6. The van der Waals surface area contributed by atoms with Gasteiger partial charge in [0.05, 0.1) is 13.2 Å². The van der Waals surface area contributed by atoms with Crippen LogP contribution in [0.15, 0.2) is 70.6 Å². The molecule has 0 saturated carbocycles. The van der Waals surface area contributed by atoms with Crippen LogP contribution in [0.25, 0.3) is 0 Å². The second-order valence-corrected chi connectivity index (χ2v) is 9.99. The largest absolute Gasteiger partial charge is 0.486 e. The van der Waals surface area contributed by atoms with Gasteiger partial charge < -0.3 is 35.1 Å². The summed E-state index contributed by atoms with van der Waals surface area (Å²) in [5.41, 5.74) is 8.04. The zero-order valence-corrected chi connectivity index (χ0v) is 22.7. The summed E-state index contributed by atoms with van der Waals surface area (Å²) < 4.78 is 17.8. The second kappa shape index (κ2) is 14.0. The number of anilines is 2. The summed E-state index contributed by atoms with van der Waals surface area (Å²) in [6.45, 7) is 4.80. The molecule has 0 unspecified atom stereocenters. The Morgan fingerprint density at radius 1 is 1.03 bits per heavy atom. The van der Waals surface area contributed by atoms with Gasteiger partial charge in [-0.1, -0.05) is 42.1 Å². The topological polar surface area (TPSA) is 102 Å². The maximum atomic E-state index is 11.6. The van der Waals surface area contributed by atoms with Crippen LogP contribution in [-0.4, -0.2) is 75.9 Å². The van der Waals surface area contributed by atoms with Gasteiger partial charge in [0.25, 0.3) is 0 Å². The van der Waals surface area contributed by atoms with Crippen molar-refractivity contribution < 1.29 is 19.0 Å². The zero-order valence-electron chi connectivity index (χ0n) is 21.9. The molecule has 1 fully saturated rings. The lowest BCUT2D eigenvalue weighted by Gasteiger charge is -2.35. The van der Waals surface area contributed by atoms with Gasteiger partial charge in [0.1, 0.15) is 23.9 Å². The van der Waals surface area contributed by atoms with Gasteiger partial charge in [-0.2, -0.15) is 0 Å². The lowest BCUT2D eigenvalue weighted by Crippen LogP contribution is -2.44. The summed E-state index contributed by atoms with van der Waals surface area (Å²) in [5.74, 6) is 1.03. The van der Waals surface area contributed by atoms with E-state index < -0.39 is 0 Å². The number of carbonyl (C=O) groups is 1. The Hall–Kier alpha value is -3.31. The number of rotatable bonds is 12. The van der Waals surface area contributed by atoms with Crippen molar-refractivity contribution >= 4 is 29.0 Å². The van der Waals surface area contributed by atoms with Gasteiger partial charge in [0.15, 0.2) is 5.75 Å². The van der Waals surface area contributed by atoms with Crippen LogP contribution in [0.4, 0.5) is 11.4 Å². The third kappa shape index (κ3) is 7.84. The molecule has 0 bridgehead atoms. The van der Waals surface area contributed by atoms with Crippen molar-refractivity contribution in [1.29, 1.82) is 0 Å². The molecule has 1 aliphatic rings. The number of nitrogens with two attached hydrogens (primary N) is 1. The second-order valence-electron chi connectivity index (χ2n) is 8.90. The standard InChI is InChI=1S/C28H35N5O4S/c1-32-12-14-33(15-13-32)27-24(37-20-21-6-4-3-5-7-21)18-26(31-28(27)36-17-16-35-2)38-23-10-8-22(9-11-23)30-25(34)19-29/h3-11,18H,12-17,19-20,29H2,1-2H3,(H,30,34). The maximum Gasteiger partial charge on any atom is 0.242 e. The van der Waals surface area contributed by atoms with E-state index in [1.54, 1.807) is 7.11 Å². The zero-order chi connectivity index (χ0) is 26.7. The van der Waals surface area contributed by atoms with Crippen LogP contribution in [0.2, 0.25) is 0 Å². The molecule has 0 aliphatic carbocycles. The number of carbonyl (C=O) groups excluding carboxylic acids is 1. The number of likely N-dealkylation sites (N-methyl/N-ethyl adjacent to an activating group) is 1. The van der Waals surface area contributed by atoms with Gasteiger partial charge in [0, 0.05) is 49.9 Å². The SMILES string of the molecule is COCCOc1nc(Sc2ccc(NC(=O)CN)cc2)cc(OCc2ccccc2)c1N1CCN(C)CC1. The number of piperazine rings is 1. The smallest absolute Gasteiger partial charge is 0.242 e. The lowest BCUT2D eigenvalue weighted by atomic mass is 10.2. The number of amides is 1. The van der Waals surface area contributed by atoms with Crippen molar-refractivity contribution in [3.8, 4) is 11.6 Å². The quantitative estimate of drug-likeness (QED) is 0.336. The van der Waals surface area contributed by atoms with E-state index >= 15 is 0 Å². The maximum absolute atomic E-state index is 11.6. The number of hydrogen-bond donors (Lipinski definition) is 2. The number of hydrogen-bond acceptors (Lipinski definition) is 9. The van der Waals surface area contributed by atoms with Crippen LogP contribution in [0.5, 0.6) is 11.6 Å². The molecule has 10 heteroatoms. The summed E-state index contributed by atoms with van der Waals surface area (Å²) in [6.07, 6.45) is 0. The van der Waals surface area contributed by atoms with Gasteiger partial charge in [-0.15, -0.1) is 0 Å². The van der Waals surface area contributed by atoms with E-state index in [0.29, 0.717) is 31.4 Å². The fourth-order valence-corrected chi connectivity index (χ4v) is 4.76. The molecule has 4 rings (SSSR count). The third-order valence-corrected chi connectivity index (χ3v) is 6.96. The molecule has 1 aliphatic heterocycles. The van der Waals surface area contributed by atoms with E-state index in [4.69, 9.17) is 24.9 Å². The minimum Gasteiger partial charge on any atom is -0.486 e. The molecule has 2 heterocycles. The van der Waals surface area contributed by atoms with E-state index in [1.165, 1.54) is 11.8 Å². The molecule has 0 atom stereocenters. The monoisotopic (exact) mass is 537 g/mol. The number of aromatic nitrogens is 1. The van der Waals surface area contributed by atoms with Gasteiger partial charge in [-0.3, -0.25) is 4.79 Å². The highest BCUT2D eigenvalue weighted by Gasteiger charge is 2.25. The molecule has 1 saturated heterocycles. The van der Waals surface area contributed by atoms with Crippen molar-refractivity contribution in [3.63, 3.8) is 0 Å². The van der Waals surface area contributed by atoms with Crippen LogP contribution >= 0.6 is 11.8 Å². The molecule has 38 heavy (non-hydrogen) atoms. The third-order valence-electron chi connectivity index (χ3n) is 6.03. The first-order chi connectivity index (χ1) is 18.6. The Morgan fingerprint density at radius 3 is 2.45 bits per heavy atom. The van der Waals surface area contributed by atoms with E-state index in [2.05, 4.69) is 22.2 Å². The van der Waals surface area contributed by atoms with Gasteiger partial charge in [0.2, 0.25) is 11.8 Å². The Kier molecular flexibility index (Phi) is 10.2. The summed E-state index contributed by atoms with van der Waals surface area (Å²) in [6, 6.07) is 19.6. The summed E-state index contributed by atoms with van der Waals surface area (Å²) in [5, 5.41) is 3.51. The van der Waals surface area contributed by atoms with Crippen LogP contribution in [0.3, 0.4) is 0 Å². The van der Waals surface area contributed by atoms with Crippen LogP contribution < -0.4 is 25.4 Å². The van der Waals surface area contributed by atoms with Crippen molar-refractivity contribution in [2.45, 2.75) is 16.5 Å². The molecule has 0 spiro atoms. The van der Waals surface area contributed by atoms with E-state index in [9.17, 15) is 4.79 Å². The first-order valence-corrected chi connectivity index (χ1v) is 13.4. The normalized spacial score (nSPS) is 13.8. The number of nitrogens with zero attached hydrogens (tertiary/aromatic N) is 3. The van der Waals surface area contributed by atoms with Crippen LogP contribution in [0, 0.1) is 0 Å². The van der Waals surface area contributed by atoms with Gasteiger partial charge in [-0.25, -0.2) is 4.98 Å². The summed E-state index contributed by atoms with van der Waals surface area (Å²) in [7, 11) is 3.78.